The molecule has 71 heavy (non-hydrogen) atoms. The lowest BCUT2D eigenvalue weighted by Crippen LogP contribution is -2.07. The molecule has 404 valence electrons. The van der Waals surface area contributed by atoms with Gasteiger partial charge in [-0.25, -0.2) is 0 Å². The number of hydrogen-bond acceptors (Lipinski definition) is 0. The fourth-order valence-corrected chi connectivity index (χ4v) is 7.98. The summed E-state index contributed by atoms with van der Waals surface area (Å²) in [6, 6.07) is 34.9. The predicted octanol–water partition coefficient (Wildman–Crippen LogP) is 24.0. The van der Waals surface area contributed by atoms with Crippen LogP contribution >= 0.6 is 0 Å². The Kier molecular flexibility index (Phi) is 44.2. The van der Waals surface area contributed by atoms with E-state index >= 15 is 0 Å². The van der Waals surface area contributed by atoms with Crippen molar-refractivity contribution in [1.82, 2.24) is 0 Å². The first kappa shape index (κ1) is 73.6. The Bertz CT molecular complexity index is 1660. The van der Waals surface area contributed by atoms with Gasteiger partial charge in [0.1, 0.15) is 0 Å². The van der Waals surface area contributed by atoms with Gasteiger partial charge in [-0.3, -0.25) is 0 Å². The Balaban J connectivity index is -0.000000366. The highest BCUT2D eigenvalue weighted by Crippen LogP contribution is 2.26. The van der Waals surface area contributed by atoms with E-state index in [-0.39, 0.29) is 29.7 Å². The van der Waals surface area contributed by atoms with Gasteiger partial charge in [-0.2, -0.15) is 0 Å². The van der Waals surface area contributed by atoms with Gasteiger partial charge in [-0.15, -0.1) is 0 Å². The molecule has 0 nitrogen and oxygen atoms in total. The SMILES string of the molecule is C.C.C.C.CC(C)C1C=CCC1.CC(C)C1C=CCCC1.CC(C)C1C=CCCCC1.Cc1ccc(C(C)C)cc1.Cc1ccc(C(C)C)cc1.Cc1ccc(C(C)C)cc1.Cc1ccc(C(C)C)cc1. The minimum atomic E-state index is 0. The van der Waals surface area contributed by atoms with E-state index in [9.17, 15) is 0 Å². The third kappa shape index (κ3) is 35.0. The van der Waals surface area contributed by atoms with Gasteiger partial charge >= 0.3 is 0 Å². The maximum atomic E-state index is 2.41. The summed E-state index contributed by atoms with van der Waals surface area (Å²) in [4.78, 5) is 0. The Morgan fingerprint density at radius 1 is 0.282 bits per heavy atom. The molecule has 0 N–H and O–H groups in total. The van der Waals surface area contributed by atoms with Crippen molar-refractivity contribution >= 4 is 0 Å². The molecule has 0 heteroatoms. The van der Waals surface area contributed by atoms with Crippen LogP contribution in [0.1, 0.15) is 253 Å². The molecule has 4 aromatic carbocycles. The van der Waals surface area contributed by atoms with Crippen LogP contribution in [0.4, 0.5) is 0 Å². The second-order valence-electron chi connectivity index (χ2n) is 22.1. The number of allylic oxidation sites excluding steroid dienone is 6. The Labute approximate surface area is 447 Å². The number of rotatable bonds is 7. The highest BCUT2D eigenvalue weighted by Gasteiger charge is 2.13. The largest absolute Gasteiger partial charge is 0.0883 e. The molecule has 0 amide bonds. The molecule has 0 aromatic heterocycles. The minimum absolute atomic E-state index is 0. The lowest BCUT2D eigenvalue weighted by Gasteiger charge is -2.19. The third-order valence-electron chi connectivity index (χ3n) is 13.4. The summed E-state index contributed by atoms with van der Waals surface area (Å²) < 4.78 is 0. The van der Waals surface area contributed by atoms with E-state index in [0.29, 0.717) is 23.7 Å². The molecule has 0 bridgehead atoms. The molecule has 0 saturated heterocycles. The van der Waals surface area contributed by atoms with E-state index in [2.05, 4.69) is 258 Å². The molecular formula is C71H120. The lowest BCUT2D eigenvalue weighted by molar-refractivity contribution is 0.412. The average Bonchev–Trinajstić information content (AvgIpc) is 3.71. The lowest BCUT2D eigenvalue weighted by atomic mass is 9.87. The predicted molar refractivity (Wildman–Crippen MR) is 332 cm³/mol. The maximum Gasteiger partial charge on any atom is -0.0207 e. The quantitative estimate of drug-likeness (QED) is 0.162. The molecule has 0 radical (unpaired) electrons. The van der Waals surface area contributed by atoms with Crippen molar-refractivity contribution in [2.75, 3.05) is 0 Å². The van der Waals surface area contributed by atoms with Crippen molar-refractivity contribution < 1.29 is 0 Å². The number of aryl methyl sites for hydroxylation is 4. The van der Waals surface area contributed by atoms with E-state index in [1.54, 1.807) is 0 Å². The van der Waals surface area contributed by atoms with E-state index in [0.717, 1.165) is 35.5 Å². The molecule has 0 fully saturated rings. The van der Waals surface area contributed by atoms with E-state index in [4.69, 9.17) is 0 Å². The summed E-state index contributed by atoms with van der Waals surface area (Å²) in [6.45, 7) is 40.0. The van der Waals surface area contributed by atoms with E-state index < -0.39 is 0 Å². The summed E-state index contributed by atoms with van der Waals surface area (Å²) in [5, 5.41) is 0. The number of benzene rings is 4. The number of hydrogen-bond donors (Lipinski definition) is 0. The Morgan fingerprint density at radius 2 is 0.507 bits per heavy atom. The van der Waals surface area contributed by atoms with Crippen LogP contribution in [0.25, 0.3) is 0 Å². The first-order valence-electron chi connectivity index (χ1n) is 27.0. The zero-order valence-electron chi connectivity index (χ0n) is 46.8. The smallest absolute Gasteiger partial charge is 0.0207 e. The van der Waals surface area contributed by atoms with Crippen molar-refractivity contribution in [1.29, 1.82) is 0 Å². The molecule has 0 saturated carbocycles. The second-order valence-corrected chi connectivity index (χ2v) is 22.1. The van der Waals surface area contributed by atoms with Crippen LogP contribution in [-0.4, -0.2) is 0 Å². The van der Waals surface area contributed by atoms with Crippen LogP contribution in [-0.2, 0) is 0 Å². The molecule has 3 aliphatic rings. The molecule has 3 aliphatic carbocycles. The first-order valence-corrected chi connectivity index (χ1v) is 27.0. The zero-order chi connectivity index (χ0) is 50.3. The Hall–Kier alpha value is -3.90. The second kappa shape index (κ2) is 42.6. The van der Waals surface area contributed by atoms with Gasteiger partial charge in [0.25, 0.3) is 0 Å². The van der Waals surface area contributed by atoms with Crippen LogP contribution in [0.15, 0.2) is 134 Å². The van der Waals surface area contributed by atoms with Crippen LogP contribution in [0, 0.1) is 63.2 Å². The van der Waals surface area contributed by atoms with Crippen LogP contribution < -0.4 is 0 Å². The molecular weight excluding hydrogens is 853 g/mol. The zero-order valence-corrected chi connectivity index (χ0v) is 46.8. The molecule has 0 heterocycles. The Morgan fingerprint density at radius 3 is 0.732 bits per heavy atom. The first-order chi connectivity index (χ1) is 31.7. The van der Waals surface area contributed by atoms with Crippen molar-refractivity contribution in [3.63, 3.8) is 0 Å². The monoisotopic (exact) mass is 973 g/mol. The highest BCUT2D eigenvalue weighted by molar-refractivity contribution is 5.26. The fourth-order valence-electron chi connectivity index (χ4n) is 7.98. The molecule has 0 aliphatic heterocycles. The topological polar surface area (TPSA) is 0 Å². The fraction of sp³-hybridized carbons (Fsp3) is 0.577. The van der Waals surface area contributed by atoms with Gasteiger partial charge < -0.3 is 0 Å². The van der Waals surface area contributed by atoms with Gasteiger partial charge in [0.2, 0.25) is 0 Å². The third-order valence-corrected chi connectivity index (χ3v) is 13.4. The maximum absolute atomic E-state index is 2.41. The van der Waals surface area contributed by atoms with Crippen LogP contribution in [0.2, 0.25) is 0 Å². The molecule has 7 rings (SSSR count). The highest BCUT2D eigenvalue weighted by atomic mass is 14.2. The van der Waals surface area contributed by atoms with Crippen molar-refractivity contribution in [3.8, 4) is 0 Å². The van der Waals surface area contributed by atoms with Gasteiger partial charge in [0.05, 0.1) is 0 Å². The van der Waals surface area contributed by atoms with Crippen LogP contribution in [0.5, 0.6) is 0 Å². The molecule has 3 atom stereocenters. The summed E-state index contributed by atoms with van der Waals surface area (Å²) >= 11 is 0. The molecule has 3 unspecified atom stereocenters. The van der Waals surface area contributed by atoms with E-state index in [1.807, 2.05) is 0 Å². The summed E-state index contributed by atoms with van der Waals surface area (Å²) in [7, 11) is 0. The van der Waals surface area contributed by atoms with Crippen molar-refractivity contribution in [2.45, 2.75) is 236 Å². The molecule has 0 spiro atoms. The van der Waals surface area contributed by atoms with Crippen LogP contribution in [0.3, 0.4) is 0 Å². The molecule has 4 aromatic rings. The summed E-state index contributed by atoms with van der Waals surface area (Å²) in [5.41, 5.74) is 11.0. The summed E-state index contributed by atoms with van der Waals surface area (Å²) in [6.07, 6.45) is 26.5. The van der Waals surface area contributed by atoms with Crippen molar-refractivity contribution in [3.05, 3.63) is 178 Å². The normalized spacial score (nSPS) is 16.2. The summed E-state index contributed by atoms with van der Waals surface area (Å²) in [5.74, 6) is 7.78. The van der Waals surface area contributed by atoms with Crippen molar-refractivity contribution in [2.24, 2.45) is 35.5 Å². The van der Waals surface area contributed by atoms with Gasteiger partial charge in [0.15, 0.2) is 0 Å². The van der Waals surface area contributed by atoms with Gasteiger partial charge in [-0.1, -0.05) is 289 Å². The van der Waals surface area contributed by atoms with Gasteiger partial charge in [-0.05, 0) is 160 Å². The van der Waals surface area contributed by atoms with Gasteiger partial charge in [0, 0.05) is 0 Å². The van der Waals surface area contributed by atoms with E-state index in [1.165, 1.54) is 102 Å². The average molecular weight is 974 g/mol. The minimum Gasteiger partial charge on any atom is -0.0883 e. The standard InChI is InChI=1S/4C10H14.C10H18.C9H16.C8H14.4CH4/c4*1-8(2)10-6-4-9(3)5-7-10;1-9(2)10-7-5-3-4-6-8-10;1-8(2)9-6-4-3-5-7-9;1-7(2)8-5-3-4-6-8;;;;/h4*4-8H,1-3H3;5,7,9-10H,3-4,6,8H2,1-2H3;4,6,8-9H,3,5,7H2,1-2H3;3,5,7-8H,4,6H2,1-2H3;4*1H4.